The standard InChI is InChI=1S/C25H23FN2O3/c26-20-8-4-18(5-9-20)25(30)28-13-12-22-19(15-28)14-23(31-22)16-6-10-21(11-7-16)27-24(29)17-2-1-3-17/h4-11,14,17H,1-3,12-13,15H2,(H,27,29). The topological polar surface area (TPSA) is 62.6 Å². The molecular weight excluding hydrogens is 395 g/mol. The molecule has 0 radical (unpaired) electrons. The smallest absolute Gasteiger partial charge is 0.254 e. The quantitative estimate of drug-likeness (QED) is 0.647. The van der Waals surface area contributed by atoms with Gasteiger partial charge in [0.25, 0.3) is 5.91 Å². The zero-order chi connectivity index (χ0) is 21.4. The summed E-state index contributed by atoms with van der Waals surface area (Å²) in [6.07, 6.45) is 3.72. The summed E-state index contributed by atoms with van der Waals surface area (Å²) >= 11 is 0. The van der Waals surface area contributed by atoms with E-state index in [4.69, 9.17) is 4.42 Å². The van der Waals surface area contributed by atoms with E-state index in [1.807, 2.05) is 30.3 Å². The first-order valence-corrected chi connectivity index (χ1v) is 10.6. The van der Waals surface area contributed by atoms with Gasteiger partial charge in [-0.3, -0.25) is 9.59 Å². The number of carbonyl (C=O) groups excluding carboxylic acids is 2. The van der Waals surface area contributed by atoms with Gasteiger partial charge in [0.05, 0.1) is 0 Å². The molecule has 0 bridgehead atoms. The number of fused-ring (bicyclic) bond motifs is 1. The monoisotopic (exact) mass is 418 g/mol. The average Bonchev–Trinajstić information content (AvgIpc) is 3.16. The number of benzene rings is 2. The molecule has 1 aliphatic heterocycles. The van der Waals surface area contributed by atoms with Crippen LogP contribution in [0.4, 0.5) is 10.1 Å². The van der Waals surface area contributed by atoms with Crippen molar-refractivity contribution in [3.05, 3.63) is 77.3 Å². The van der Waals surface area contributed by atoms with Gasteiger partial charge in [0.1, 0.15) is 17.3 Å². The summed E-state index contributed by atoms with van der Waals surface area (Å²) in [5, 5.41) is 2.97. The Morgan fingerprint density at radius 2 is 1.77 bits per heavy atom. The van der Waals surface area contributed by atoms with Crippen molar-refractivity contribution in [3.63, 3.8) is 0 Å². The minimum Gasteiger partial charge on any atom is -0.461 e. The van der Waals surface area contributed by atoms with Crippen LogP contribution in [-0.4, -0.2) is 23.3 Å². The van der Waals surface area contributed by atoms with Crippen LogP contribution in [0.25, 0.3) is 11.3 Å². The lowest BCUT2D eigenvalue weighted by Gasteiger charge is -2.26. The lowest BCUT2D eigenvalue weighted by atomic mass is 9.85. The van der Waals surface area contributed by atoms with Crippen LogP contribution in [0.3, 0.4) is 0 Å². The van der Waals surface area contributed by atoms with Crippen LogP contribution < -0.4 is 5.32 Å². The average molecular weight is 418 g/mol. The summed E-state index contributed by atoms with van der Waals surface area (Å²) in [5.74, 6) is 1.42. The molecule has 5 rings (SSSR count). The second-order valence-corrected chi connectivity index (χ2v) is 8.24. The number of furan rings is 1. The first-order chi connectivity index (χ1) is 15.1. The first kappa shape index (κ1) is 19.5. The summed E-state index contributed by atoms with van der Waals surface area (Å²) in [6.45, 7) is 1.02. The zero-order valence-electron chi connectivity index (χ0n) is 17.1. The summed E-state index contributed by atoms with van der Waals surface area (Å²) in [6, 6.07) is 15.2. The van der Waals surface area contributed by atoms with Gasteiger partial charge < -0.3 is 14.6 Å². The molecular formula is C25H23FN2O3. The van der Waals surface area contributed by atoms with Gasteiger partial charge >= 0.3 is 0 Å². The van der Waals surface area contributed by atoms with Gasteiger partial charge in [-0.25, -0.2) is 4.39 Å². The molecule has 1 fully saturated rings. The Kier molecular flexibility index (Phi) is 5.06. The SMILES string of the molecule is O=C(Nc1ccc(-c2cc3c(o2)CCN(C(=O)c2ccc(F)cc2)C3)cc1)C1CCC1. The van der Waals surface area contributed by atoms with Gasteiger partial charge in [0.15, 0.2) is 0 Å². The number of carbonyl (C=O) groups is 2. The Morgan fingerprint density at radius 3 is 2.45 bits per heavy atom. The zero-order valence-corrected chi connectivity index (χ0v) is 17.1. The fraction of sp³-hybridized carbons (Fsp3) is 0.280. The molecule has 0 spiro atoms. The molecule has 31 heavy (non-hydrogen) atoms. The number of halogens is 1. The number of hydrogen-bond acceptors (Lipinski definition) is 3. The second kappa shape index (κ2) is 8.02. The van der Waals surface area contributed by atoms with Crippen molar-refractivity contribution >= 4 is 17.5 Å². The van der Waals surface area contributed by atoms with Crippen molar-refractivity contribution in [2.45, 2.75) is 32.2 Å². The minimum atomic E-state index is -0.356. The molecule has 5 nitrogen and oxygen atoms in total. The summed E-state index contributed by atoms with van der Waals surface area (Å²) < 4.78 is 19.2. The normalized spacial score (nSPS) is 15.8. The molecule has 158 valence electrons. The molecule has 1 aromatic heterocycles. The van der Waals surface area contributed by atoms with Gasteiger partial charge in [-0.2, -0.15) is 0 Å². The molecule has 0 unspecified atom stereocenters. The molecule has 1 aliphatic carbocycles. The largest absolute Gasteiger partial charge is 0.461 e. The van der Waals surface area contributed by atoms with E-state index in [9.17, 15) is 14.0 Å². The maximum atomic E-state index is 13.1. The van der Waals surface area contributed by atoms with Crippen LogP contribution in [-0.2, 0) is 17.8 Å². The summed E-state index contributed by atoms with van der Waals surface area (Å²) in [4.78, 5) is 26.6. The fourth-order valence-electron chi connectivity index (χ4n) is 4.06. The third kappa shape index (κ3) is 3.98. The van der Waals surface area contributed by atoms with E-state index in [1.165, 1.54) is 24.3 Å². The maximum absolute atomic E-state index is 13.1. The molecule has 0 saturated heterocycles. The lowest BCUT2D eigenvalue weighted by molar-refractivity contribution is -0.122. The van der Waals surface area contributed by atoms with Crippen molar-refractivity contribution in [3.8, 4) is 11.3 Å². The second-order valence-electron chi connectivity index (χ2n) is 8.24. The number of nitrogens with one attached hydrogen (secondary N) is 1. The Hall–Kier alpha value is -3.41. The predicted octanol–water partition coefficient (Wildman–Crippen LogP) is 5.02. The van der Waals surface area contributed by atoms with E-state index in [0.717, 1.165) is 47.6 Å². The van der Waals surface area contributed by atoms with Gasteiger partial charge in [-0.05, 0) is 67.4 Å². The van der Waals surface area contributed by atoms with Crippen LogP contribution in [0, 0.1) is 11.7 Å². The highest BCUT2D eigenvalue weighted by Gasteiger charge is 2.26. The summed E-state index contributed by atoms with van der Waals surface area (Å²) in [5.41, 5.74) is 3.17. The van der Waals surface area contributed by atoms with Gasteiger partial charge in [-0.1, -0.05) is 6.42 Å². The van der Waals surface area contributed by atoms with Crippen LogP contribution in [0.5, 0.6) is 0 Å². The van der Waals surface area contributed by atoms with Crippen molar-refractivity contribution in [1.29, 1.82) is 0 Å². The lowest BCUT2D eigenvalue weighted by Crippen LogP contribution is -2.35. The number of rotatable bonds is 4. The molecule has 3 aromatic rings. The molecule has 2 aliphatic rings. The van der Waals surface area contributed by atoms with Crippen LogP contribution >= 0.6 is 0 Å². The van der Waals surface area contributed by atoms with E-state index < -0.39 is 0 Å². The van der Waals surface area contributed by atoms with Crippen molar-refractivity contribution in [2.75, 3.05) is 11.9 Å². The highest BCUT2D eigenvalue weighted by molar-refractivity contribution is 5.94. The van der Waals surface area contributed by atoms with Crippen LogP contribution in [0.1, 0.15) is 40.9 Å². The molecule has 2 heterocycles. The first-order valence-electron chi connectivity index (χ1n) is 10.6. The molecule has 0 atom stereocenters. The Bertz CT molecular complexity index is 1110. The van der Waals surface area contributed by atoms with E-state index in [2.05, 4.69) is 5.32 Å². The Morgan fingerprint density at radius 1 is 1.03 bits per heavy atom. The fourth-order valence-corrected chi connectivity index (χ4v) is 4.06. The molecule has 6 heteroatoms. The third-order valence-electron chi connectivity index (χ3n) is 6.16. The van der Waals surface area contributed by atoms with E-state index >= 15 is 0 Å². The number of anilines is 1. The molecule has 2 amide bonds. The van der Waals surface area contributed by atoms with E-state index in [-0.39, 0.29) is 23.5 Å². The highest BCUT2D eigenvalue weighted by atomic mass is 19.1. The molecule has 2 aromatic carbocycles. The molecule has 1 saturated carbocycles. The van der Waals surface area contributed by atoms with Gasteiger partial charge in [0, 0.05) is 47.8 Å². The van der Waals surface area contributed by atoms with Crippen molar-refractivity contribution in [2.24, 2.45) is 5.92 Å². The Balaban J connectivity index is 1.27. The third-order valence-corrected chi connectivity index (χ3v) is 6.16. The number of hydrogen-bond donors (Lipinski definition) is 1. The number of amides is 2. The minimum absolute atomic E-state index is 0.0957. The highest BCUT2D eigenvalue weighted by Crippen LogP contribution is 2.31. The predicted molar refractivity (Wildman–Crippen MR) is 115 cm³/mol. The maximum Gasteiger partial charge on any atom is 0.254 e. The Labute approximate surface area is 179 Å². The van der Waals surface area contributed by atoms with E-state index in [0.29, 0.717) is 25.1 Å². The number of nitrogens with zero attached hydrogens (tertiary/aromatic N) is 1. The van der Waals surface area contributed by atoms with Crippen LogP contribution in [0.2, 0.25) is 0 Å². The van der Waals surface area contributed by atoms with Crippen molar-refractivity contribution < 1.29 is 18.4 Å². The molecule has 1 N–H and O–H groups in total. The van der Waals surface area contributed by atoms with Gasteiger partial charge in [-0.15, -0.1) is 0 Å². The van der Waals surface area contributed by atoms with E-state index in [1.54, 1.807) is 4.90 Å². The summed E-state index contributed by atoms with van der Waals surface area (Å²) in [7, 11) is 0. The van der Waals surface area contributed by atoms with Crippen LogP contribution in [0.15, 0.2) is 59.0 Å². The van der Waals surface area contributed by atoms with Gasteiger partial charge in [0.2, 0.25) is 5.91 Å². The van der Waals surface area contributed by atoms with Crippen molar-refractivity contribution in [1.82, 2.24) is 4.90 Å².